The summed E-state index contributed by atoms with van der Waals surface area (Å²) in [5, 5.41) is 11.3. The molecule has 1 atom stereocenters. The lowest BCUT2D eigenvalue weighted by atomic mass is 9.85. The lowest BCUT2D eigenvalue weighted by molar-refractivity contribution is 0.532. The smallest absolute Gasteiger partial charge is 0.191 e. The number of guanidine groups is 1. The number of halogens is 1. The maximum Gasteiger partial charge on any atom is 0.191 e. The molecule has 5 nitrogen and oxygen atoms in total. The van der Waals surface area contributed by atoms with E-state index in [2.05, 4.69) is 57.3 Å². The molecular weight excluding hydrogens is 353 g/mol. The van der Waals surface area contributed by atoms with Crippen molar-refractivity contribution >= 4 is 5.96 Å². The van der Waals surface area contributed by atoms with Crippen LogP contribution in [0, 0.1) is 19.7 Å². The fourth-order valence-electron chi connectivity index (χ4n) is 3.29. The Balaban J connectivity index is 2.07. The Kier molecular flexibility index (Phi) is 7.22. The number of aliphatic imine (C=N–C) groups is 1. The second kappa shape index (κ2) is 9.22. The number of aromatic nitrogens is 2. The van der Waals surface area contributed by atoms with Crippen molar-refractivity contribution in [3.8, 4) is 0 Å². The minimum absolute atomic E-state index is 0.185. The van der Waals surface area contributed by atoms with E-state index in [1.807, 2.05) is 23.9 Å². The molecule has 6 heteroatoms. The van der Waals surface area contributed by atoms with E-state index in [0.29, 0.717) is 6.54 Å². The minimum Gasteiger partial charge on any atom is -0.357 e. The molecule has 0 fully saturated rings. The molecule has 0 saturated heterocycles. The van der Waals surface area contributed by atoms with Gasteiger partial charge in [-0.1, -0.05) is 26.0 Å². The number of hydrogen-bond donors (Lipinski definition) is 2. The predicted octanol–water partition coefficient (Wildman–Crippen LogP) is 3.64. The third-order valence-electron chi connectivity index (χ3n) is 5.15. The van der Waals surface area contributed by atoms with Gasteiger partial charge in [0.15, 0.2) is 5.96 Å². The minimum atomic E-state index is -0.215. The van der Waals surface area contributed by atoms with Crippen LogP contribution in [0.3, 0.4) is 0 Å². The van der Waals surface area contributed by atoms with Gasteiger partial charge in [-0.2, -0.15) is 5.10 Å². The molecule has 1 aromatic carbocycles. The molecule has 0 aliphatic heterocycles. The molecule has 2 aromatic rings. The van der Waals surface area contributed by atoms with E-state index in [4.69, 9.17) is 4.99 Å². The summed E-state index contributed by atoms with van der Waals surface area (Å²) in [5.41, 5.74) is 4.45. The van der Waals surface area contributed by atoms with Crippen molar-refractivity contribution in [3.05, 3.63) is 52.6 Å². The van der Waals surface area contributed by atoms with E-state index in [0.717, 1.165) is 30.2 Å². The van der Waals surface area contributed by atoms with E-state index in [-0.39, 0.29) is 17.3 Å². The van der Waals surface area contributed by atoms with E-state index < -0.39 is 0 Å². The summed E-state index contributed by atoms with van der Waals surface area (Å²) in [7, 11) is 1.98. The summed E-state index contributed by atoms with van der Waals surface area (Å²) >= 11 is 0. The summed E-state index contributed by atoms with van der Waals surface area (Å²) in [6.45, 7) is 14.0. The van der Waals surface area contributed by atoms with Crippen LogP contribution in [-0.2, 0) is 18.9 Å². The molecule has 0 aliphatic carbocycles. The molecule has 28 heavy (non-hydrogen) atoms. The van der Waals surface area contributed by atoms with Crippen LogP contribution >= 0.6 is 0 Å². The van der Waals surface area contributed by atoms with Gasteiger partial charge in [0.2, 0.25) is 0 Å². The molecule has 0 saturated carbocycles. The highest BCUT2D eigenvalue weighted by Gasteiger charge is 2.21. The van der Waals surface area contributed by atoms with E-state index in [9.17, 15) is 4.39 Å². The Hall–Kier alpha value is -2.37. The third kappa shape index (κ3) is 5.57. The molecule has 2 N–H and O–H groups in total. The normalized spacial score (nSPS) is 13.5. The average Bonchev–Trinajstić information content (AvgIpc) is 2.86. The molecule has 2 rings (SSSR count). The molecule has 0 radical (unpaired) electrons. The molecule has 154 valence electrons. The van der Waals surface area contributed by atoms with Crippen molar-refractivity contribution in [3.63, 3.8) is 0 Å². The summed E-state index contributed by atoms with van der Waals surface area (Å²) in [6, 6.07) is 6.90. The quantitative estimate of drug-likeness (QED) is 0.563. The fourth-order valence-corrected chi connectivity index (χ4v) is 3.29. The van der Waals surface area contributed by atoms with E-state index >= 15 is 0 Å². The molecule has 1 heterocycles. The molecule has 1 unspecified atom stereocenters. The van der Waals surface area contributed by atoms with Crippen LogP contribution in [0.1, 0.15) is 50.2 Å². The van der Waals surface area contributed by atoms with Crippen LogP contribution in [0.5, 0.6) is 0 Å². The first-order chi connectivity index (χ1) is 13.1. The van der Waals surface area contributed by atoms with Gasteiger partial charge in [0.05, 0.1) is 12.2 Å². The first-order valence-corrected chi connectivity index (χ1v) is 9.94. The maximum absolute atomic E-state index is 13.2. The molecule has 0 bridgehead atoms. The van der Waals surface area contributed by atoms with E-state index in [1.165, 1.54) is 23.4 Å². The average molecular weight is 388 g/mol. The van der Waals surface area contributed by atoms with Crippen LogP contribution in [-0.4, -0.2) is 34.9 Å². The number of benzene rings is 1. The SMILES string of the molecule is CCNC(=NCC(C)(C)c1ccc(F)cc1)NC(C)Cc1c(C)nn(C)c1C. The van der Waals surface area contributed by atoms with Gasteiger partial charge in [-0.05, 0) is 57.4 Å². The van der Waals surface area contributed by atoms with Crippen LogP contribution in [0.15, 0.2) is 29.3 Å². The molecular formula is C22H34FN5. The molecule has 0 amide bonds. The monoisotopic (exact) mass is 387 g/mol. The summed E-state index contributed by atoms with van der Waals surface area (Å²) in [5.74, 6) is 0.581. The van der Waals surface area contributed by atoms with Gasteiger partial charge < -0.3 is 10.6 Å². The number of rotatable bonds is 7. The number of nitrogens with zero attached hydrogens (tertiary/aromatic N) is 3. The largest absolute Gasteiger partial charge is 0.357 e. The van der Waals surface area contributed by atoms with Gasteiger partial charge in [-0.25, -0.2) is 4.39 Å². The Morgan fingerprint density at radius 2 is 1.89 bits per heavy atom. The van der Waals surface area contributed by atoms with Crippen molar-refractivity contribution in [1.29, 1.82) is 0 Å². The van der Waals surface area contributed by atoms with Crippen LogP contribution in [0.25, 0.3) is 0 Å². The molecule has 0 aliphatic rings. The van der Waals surface area contributed by atoms with Gasteiger partial charge in [-0.15, -0.1) is 0 Å². The number of aryl methyl sites for hydroxylation is 2. The van der Waals surface area contributed by atoms with Crippen LogP contribution < -0.4 is 10.6 Å². The second-order valence-electron chi connectivity index (χ2n) is 8.11. The zero-order chi connectivity index (χ0) is 20.9. The lowest BCUT2D eigenvalue weighted by Crippen LogP contribution is -2.43. The predicted molar refractivity (Wildman–Crippen MR) is 114 cm³/mol. The topological polar surface area (TPSA) is 54.2 Å². The number of nitrogens with one attached hydrogen (secondary N) is 2. The third-order valence-corrected chi connectivity index (χ3v) is 5.15. The Labute approximate surface area is 168 Å². The molecule has 1 aromatic heterocycles. The number of hydrogen-bond acceptors (Lipinski definition) is 2. The van der Waals surface area contributed by atoms with Gasteiger partial charge in [-0.3, -0.25) is 9.67 Å². The van der Waals surface area contributed by atoms with Crippen molar-refractivity contribution in [2.24, 2.45) is 12.0 Å². The summed E-state index contributed by atoms with van der Waals surface area (Å²) < 4.78 is 15.1. The molecule has 0 spiro atoms. The first kappa shape index (κ1) is 21.9. The zero-order valence-electron chi connectivity index (χ0n) is 18.2. The summed E-state index contributed by atoms with van der Waals surface area (Å²) in [4.78, 5) is 4.80. The lowest BCUT2D eigenvalue weighted by Gasteiger charge is -2.25. The van der Waals surface area contributed by atoms with Gasteiger partial charge in [0, 0.05) is 30.7 Å². The van der Waals surface area contributed by atoms with Crippen LogP contribution in [0.2, 0.25) is 0 Å². The standard InChI is InChI=1S/C22H34FN5/c1-8-24-21(25-14-22(5,6)18-9-11-19(23)12-10-18)26-15(2)13-20-16(3)27-28(7)17(20)4/h9-12,15H,8,13-14H2,1-7H3,(H2,24,25,26). The van der Waals surface area contributed by atoms with Crippen LogP contribution in [0.4, 0.5) is 4.39 Å². The zero-order valence-corrected chi connectivity index (χ0v) is 18.2. The highest BCUT2D eigenvalue weighted by atomic mass is 19.1. The van der Waals surface area contributed by atoms with Crippen molar-refractivity contribution in [2.45, 2.75) is 59.4 Å². The Morgan fingerprint density at radius 1 is 1.25 bits per heavy atom. The van der Waals surface area contributed by atoms with Crippen molar-refractivity contribution < 1.29 is 4.39 Å². The van der Waals surface area contributed by atoms with Gasteiger partial charge >= 0.3 is 0 Å². The highest BCUT2D eigenvalue weighted by molar-refractivity contribution is 5.80. The van der Waals surface area contributed by atoms with Gasteiger partial charge in [0.25, 0.3) is 0 Å². The Bertz CT molecular complexity index is 805. The second-order valence-corrected chi connectivity index (χ2v) is 8.11. The summed E-state index contributed by atoms with van der Waals surface area (Å²) in [6.07, 6.45) is 0.886. The maximum atomic E-state index is 13.2. The van der Waals surface area contributed by atoms with Crippen molar-refractivity contribution in [1.82, 2.24) is 20.4 Å². The van der Waals surface area contributed by atoms with Crippen molar-refractivity contribution in [2.75, 3.05) is 13.1 Å². The van der Waals surface area contributed by atoms with Gasteiger partial charge in [0.1, 0.15) is 5.82 Å². The fraction of sp³-hybridized carbons (Fsp3) is 0.545. The van der Waals surface area contributed by atoms with E-state index in [1.54, 1.807) is 0 Å². The first-order valence-electron chi connectivity index (χ1n) is 9.94. The Morgan fingerprint density at radius 3 is 2.43 bits per heavy atom. The highest BCUT2D eigenvalue weighted by Crippen LogP contribution is 2.23.